The van der Waals surface area contributed by atoms with Gasteiger partial charge in [-0.2, -0.15) is 0 Å². The van der Waals surface area contributed by atoms with Crippen molar-refractivity contribution in [2.45, 2.75) is 13.0 Å². The molecular formula is C8H14N2O2. The van der Waals surface area contributed by atoms with Gasteiger partial charge in [0.2, 0.25) is 5.91 Å². The summed E-state index contributed by atoms with van der Waals surface area (Å²) in [5.41, 5.74) is 0. The van der Waals surface area contributed by atoms with Crippen molar-refractivity contribution >= 4 is 12.2 Å². The van der Waals surface area contributed by atoms with Crippen LogP contribution in [0.15, 0.2) is 0 Å². The number of carbonyl (C=O) groups is 2. The predicted octanol–water partition coefficient (Wildman–Crippen LogP) is -0.652. The zero-order valence-corrected chi connectivity index (χ0v) is 7.49. The Hall–Kier alpha value is -0.900. The van der Waals surface area contributed by atoms with Crippen LogP contribution in [0.1, 0.15) is 6.92 Å². The number of hydrogen-bond acceptors (Lipinski definition) is 3. The molecule has 1 rings (SSSR count). The third-order valence-electron chi connectivity index (χ3n) is 2.27. The zero-order chi connectivity index (χ0) is 9.14. The maximum atomic E-state index is 11.3. The molecule has 1 aliphatic heterocycles. The standard InChI is InChI=1S/C8H14N2O2/c1-7-5-10(3-4-11)6-8(12)9(7)2/h4,7H,3,5-6H2,1-2H3. The van der Waals surface area contributed by atoms with Crippen molar-refractivity contribution < 1.29 is 9.59 Å². The number of rotatable bonds is 2. The summed E-state index contributed by atoms with van der Waals surface area (Å²) in [5.74, 6) is 0.0931. The molecule has 4 heteroatoms. The van der Waals surface area contributed by atoms with Gasteiger partial charge in [0.25, 0.3) is 0 Å². The average Bonchev–Trinajstić information content (AvgIpc) is 2.01. The summed E-state index contributed by atoms with van der Waals surface area (Å²) in [7, 11) is 1.80. The summed E-state index contributed by atoms with van der Waals surface area (Å²) < 4.78 is 0. The minimum absolute atomic E-state index is 0.0931. The summed E-state index contributed by atoms with van der Waals surface area (Å²) in [6, 6.07) is 0.214. The van der Waals surface area contributed by atoms with Crippen LogP contribution in [0, 0.1) is 0 Å². The Morgan fingerprint density at radius 2 is 2.33 bits per heavy atom. The second-order valence-corrected chi connectivity index (χ2v) is 3.21. The molecule has 0 spiro atoms. The SMILES string of the molecule is CC1CN(CC=O)CC(=O)N1C. The predicted molar refractivity (Wildman–Crippen MR) is 44.7 cm³/mol. The Morgan fingerprint density at radius 1 is 1.67 bits per heavy atom. The molecule has 0 bridgehead atoms. The van der Waals surface area contributed by atoms with Gasteiger partial charge in [0.15, 0.2) is 0 Å². The van der Waals surface area contributed by atoms with Crippen LogP contribution in [-0.4, -0.2) is 54.7 Å². The number of amides is 1. The van der Waals surface area contributed by atoms with E-state index in [9.17, 15) is 9.59 Å². The van der Waals surface area contributed by atoms with Crippen molar-refractivity contribution in [2.24, 2.45) is 0 Å². The number of aldehydes is 1. The van der Waals surface area contributed by atoms with E-state index >= 15 is 0 Å². The topological polar surface area (TPSA) is 40.6 Å². The van der Waals surface area contributed by atoms with E-state index in [1.807, 2.05) is 11.8 Å². The molecule has 0 aromatic heterocycles. The molecule has 0 aliphatic carbocycles. The highest BCUT2D eigenvalue weighted by Gasteiger charge is 2.25. The number of hydrogen-bond donors (Lipinski definition) is 0. The smallest absolute Gasteiger partial charge is 0.236 e. The summed E-state index contributed by atoms with van der Waals surface area (Å²) >= 11 is 0. The van der Waals surface area contributed by atoms with Gasteiger partial charge in [-0.25, -0.2) is 0 Å². The molecule has 0 saturated carbocycles. The van der Waals surface area contributed by atoms with Gasteiger partial charge >= 0.3 is 0 Å². The van der Waals surface area contributed by atoms with E-state index in [1.54, 1.807) is 11.9 Å². The lowest BCUT2D eigenvalue weighted by molar-refractivity contribution is -0.137. The van der Waals surface area contributed by atoms with Crippen LogP contribution in [-0.2, 0) is 9.59 Å². The molecule has 0 radical (unpaired) electrons. The van der Waals surface area contributed by atoms with E-state index in [-0.39, 0.29) is 11.9 Å². The van der Waals surface area contributed by atoms with Crippen molar-refractivity contribution in [3.8, 4) is 0 Å². The van der Waals surface area contributed by atoms with Gasteiger partial charge < -0.3 is 9.69 Å². The van der Waals surface area contributed by atoms with Crippen LogP contribution in [0.5, 0.6) is 0 Å². The average molecular weight is 170 g/mol. The van der Waals surface area contributed by atoms with Gasteiger partial charge in [0, 0.05) is 19.6 Å². The Labute approximate surface area is 72.1 Å². The number of likely N-dealkylation sites (N-methyl/N-ethyl adjacent to an activating group) is 1. The van der Waals surface area contributed by atoms with Gasteiger partial charge in [-0.3, -0.25) is 9.69 Å². The molecule has 68 valence electrons. The highest BCUT2D eigenvalue weighted by Crippen LogP contribution is 2.06. The molecule has 1 fully saturated rings. The number of nitrogens with zero attached hydrogens (tertiary/aromatic N) is 2. The lowest BCUT2D eigenvalue weighted by atomic mass is 10.2. The first-order valence-electron chi connectivity index (χ1n) is 4.06. The molecule has 0 aromatic carbocycles. The molecule has 1 saturated heterocycles. The second kappa shape index (κ2) is 3.67. The first-order chi connectivity index (χ1) is 5.65. The van der Waals surface area contributed by atoms with E-state index in [1.165, 1.54) is 0 Å². The summed E-state index contributed by atoms with van der Waals surface area (Å²) in [5, 5.41) is 0. The summed E-state index contributed by atoms with van der Waals surface area (Å²) in [4.78, 5) is 25.0. The van der Waals surface area contributed by atoms with Gasteiger partial charge in [-0.15, -0.1) is 0 Å². The van der Waals surface area contributed by atoms with E-state index in [2.05, 4.69) is 0 Å². The van der Waals surface area contributed by atoms with Crippen LogP contribution in [0.25, 0.3) is 0 Å². The van der Waals surface area contributed by atoms with Gasteiger partial charge in [0.1, 0.15) is 6.29 Å². The van der Waals surface area contributed by atoms with E-state index in [0.29, 0.717) is 13.1 Å². The van der Waals surface area contributed by atoms with Crippen LogP contribution in [0.2, 0.25) is 0 Å². The van der Waals surface area contributed by atoms with Gasteiger partial charge in [0.05, 0.1) is 13.1 Å². The molecule has 1 atom stereocenters. The number of carbonyl (C=O) groups excluding carboxylic acids is 2. The molecule has 12 heavy (non-hydrogen) atoms. The highest BCUT2D eigenvalue weighted by atomic mass is 16.2. The second-order valence-electron chi connectivity index (χ2n) is 3.21. The van der Waals surface area contributed by atoms with Gasteiger partial charge in [-0.1, -0.05) is 0 Å². The fraction of sp³-hybridized carbons (Fsp3) is 0.750. The van der Waals surface area contributed by atoms with Gasteiger partial charge in [-0.05, 0) is 6.92 Å². The lowest BCUT2D eigenvalue weighted by Gasteiger charge is -2.36. The largest absolute Gasteiger partial charge is 0.341 e. The normalized spacial score (nSPS) is 26.0. The third-order valence-corrected chi connectivity index (χ3v) is 2.27. The highest BCUT2D eigenvalue weighted by molar-refractivity contribution is 5.79. The quantitative estimate of drug-likeness (QED) is 0.517. The minimum Gasteiger partial charge on any atom is -0.341 e. The maximum absolute atomic E-state index is 11.3. The summed E-state index contributed by atoms with van der Waals surface area (Å²) in [6.07, 6.45) is 0.839. The molecule has 1 aliphatic rings. The van der Waals surface area contributed by atoms with Crippen LogP contribution in [0.4, 0.5) is 0 Å². The Bertz CT molecular complexity index is 193. The maximum Gasteiger partial charge on any atom is 0.236 e. The third kappa shape index (κ3) is 1.82. The first kappa shape index (κ1) is 9.19. The number of piperazine rings is 1. The Morgan fingerprint density at radius 3 is 2.83 bits per heavy atom. The fourth-order valence-electron chi connectivity index (χ4n) is 1.35. The zero-order valence-electron chi connectivity index (χ0n) is 7.49. The molecular weight excluding hydrogens is 156 g/mol. The van der Waals surface area contributed by atoms with Crippen molar-refractivity contribution in [2.75, 3.05) is 26.7 Å². The van der Waals surface area contributed by atoms with Crippen LogP contribution in [0.3, 0.4) is 0 Å². The van der Waals surface area contributed by atoms with Crippen molar-refractivity contribution in [1.29, 1.82) is 0 Å². The van der Waals surface area contributed by atoms with Crippen LogP contribution >= 0.6 is 0 Å². The van der Waals surface area contributed by atoms with Crippen molar-refractivity contribution in [3.05, 3.63) is 0 Å². The molecule has 1 heterocycles. The molecule has 4 nitrogen and oxygen atoms in total. The van der Waals surface area contributed by atoms with E-state index in [4.69, 9.17) is 0 Å². The Balaban J connectivity index is 2.53. The first-order valence-corrected chi connectivity index (χ1v) is 4.06. The Kier molecular flexibility index (Phi) is 2.81. The molecule has 0 aromatic rings. The summed E-state index contributed by atoms with van der Waals surface area (Å²) in [6.45, 7) is 3.51. The molecule has 1 unspecified atom stereocenters. The fourth-order valence-corrected chi connectivity index (χ4v) is 1.35. The lowest BCUT2D eigenvalue weighted by Crippen LogP contribution is -2.53. The molecule has 1 amide bonds. The minimum atomic E-state index is 0.0931. The van der Waals surface area contributed by atoms with Crippen molar-refractivity contribution in [3.63, 3.8) is 0 Å². The monoisotopic (exact) mass is 170 g/mol. The van der Waals surface area contributed by atoms with E-state index in [0.717, 1.165) is 12.8 Å². The van der Waals surface area contributed by atoms with Crippen LogP contribution < -0.4 is 0 Å². The van der Waals surface area contributed by atoms with Crippen molar-refractivity contribution in [1.82, 2.24) is 9.80 Å². The van der Waals surface area contributed by atoms with E-state index < -0.39 is 0 Å². The molecule has 0 N–H and O–H groups in total.